The first-order valence-electron chi connectivity index (χ1n) is 8.12. The van der Waals surface area contributed by atoms with E-state index in [0.29, 0.717) is 22.5 Å². The molecule has 0 spiro atoms. The van der Waals surface area contributed by atoms with Gasteiger partial charge in [-0.1, -0.05) is 16.6 Å². The van der Waals surface area contributed by atoms with E-state index in [0.717, 1.165) is 25.9 Å². The lowest BCUT2D eigenvalue weighted by Crippen LogP contribution is -2.39. The van der Waals surface area contributed by atoms with Crippen LogP contribution in [-0.4, -0.2) is 43.9 Å². The highest BCUT2D eigenvalue weighted by Gasteiger charge is 2.24. The third-order valence-electron chi connectivity index (χ3n) is 4.28. The first-order valence-corrected chi connectivity index (χ1v) is 9.00. The molecule has 3 heterocycles. The van der Waals surface area contributed by atoms with Gasteiger partial charge in [0.1, 0.15) is 5.75 Å². The van der Waals surface area contributed by atoms with Crippen LogP contribution < -0.4 is 4.74 Å². The van der Waals surface area contributed by atoms with Crippen LogP contribution in [0.5, 0.6) is 10.9 Å². The van der Waals surface area contributed by atoms with Gasteiger partial charge in [-0.05, 0) is 37.1 Å². The summed E-state index contributed by atoms with van der Waals surface area (Å²) in [6, 6.07) is 7.53. The Kier molecular flexibility index (Phi) is 4.43. The van der Waals surface area contributed by atoms with Crippen LogP contribution >= 0.6 is 11.3 Å². The third kappa shape index (κ3) is 3.53. The molecule has 0 atom stereocenters. The fraction of sp³-hybridized carbons (Fsp3) is 0.294. The summed E-state index contributed by atoms with van der Waals surface area (Å²) in [5, 5.41) is 10.4. The Hall–Kier alpha value is -2.74. The standard InChI is InChI=1S/C17H17N5O2S/c23-16(21-9-5-14(6-10-21)22-11-7-19-20-22)13-1-3-15(4-2-13)24-17-18-8-12-25-17/h1-4,7-8,11-12,14H,5-6,9-10H2. The number of carbonyl (C=O) groups excluding carboxylic acids is 1. The summed E-state index contributed by atoms with van der Waals surface area (Å²) in [4.78, 5) is 18.6. The number of aromatic nitrogens is 4. The van der Waals surface area contributed by atoms with E-state index >= 15 is 0 Å². The molecule has 1 aliphatic heterocycles. The van der Waals surface area contributed by atoms with Crippen LogP contribution in [-0.2, 0) is 0 Å². The number of benzene rings is 1. The predicted molar refractivity (Wildman–Crippen MR) is 92.8 cm³/mol. The molecule has 25 heavy (non-hydrogen) atoms. The topological polar surface area (TPSA) is 73.1 Å². The molecular weight excluding hydrogens is 338 g/mol. The number of rotatable bonds is 4. The maximum atomic E-state index is 12.7. The van der Waals surface area contributed by atoms with Crippen molar-refractivity contribution >= 4 is 17.2 Å². The SMILES string of the molecule is O=C(c1ccc(Oc2nccs2)cc1)N1CCC(n2ccnn2)CC1. The van der Waals surface area contributed by atoms with E-state index in [1.807, 2.05) is 21.2 Å². The van der Waals surface area contributed by atoms with Gasteiger partial charge in [0.25, 0.3) is 11.1 Å². The highest BCUT2D eigenvalue weighted by atomic mass is 32.1. The zero-order valence-electron chi connectivity index (χ0n) is 13.5. The van der Waals surface area contributed by atoms with Crippen molar-refractivity contribution < 1.29 is 9.53 Å². The van der Waals surface area contributed by atoms with Crippen LogP contribution in [0, 0.1) is 0 Å². The van der Waals surface area contributed by atoms with Gasteiger partial charge >= 0.3 is 0 Å². The molecule has 0 N–H and O–H groups in total. The minimum Gasteiger partial charge on any atom is -0.431 e. The van der Waals surface area contributed by atoms with Crippen molar-refractivity contribution in [2.24, 2.45) is 0 Å². The number of piperidine rings is 1. The van der Waals surface area contributed by atoms with Crippen molar-refractivity contribution in [1.29, 1.82) is 0 Å². The van der Waals surface area contributed by atoms with Crippen LogP contribution in [0.2, 0.25) is 0 Å². The van der Waals surface area contributed by atoms with Gasteiger partial charge in [-0.25, -0.2) is 9.67 Å². The average Bonchev–Trinajstić information content (AvgIpc) is 3.36. The summed E-state index contributed by atoms with van der Waals surface area (Å²) in [7, 11) is 0. The van der Waals surface area contributed by atoms with Crippen LogP contribution in [0.25, 0.3) is 0 Å². The highest BCUT2D eigenvalue weighted by Crippen LogP contribution is 2.25. The fourth-order valence-electron chi connectivity index (χ4n) is 2.96. The first kappa shape index (κ1) is 15.8. The number of nitrogens with zero attached hydrogens (tertiary/aromatic N) is 5. The molecular formula is C17H17N5O2S. The summed E-state index contributed by atoms with van der Waals surface area (Å²) in [6.07, 6.45) is 7.04. The van der Waals surface area contributed by atoms with Crippen LogP contribution in [0.4, 0.5) is 0 Å². The van der Waals surface area contributed by atoms with Gasteiger partial charge in [0.05, 0.1) is 12.2 Å². The second kappa shape index (κ2) is 7.02. The normalized spacial score (nSPS) is 15.3. The van der Waals surface area contributed by atoms with Crippen molar-refractivity contribution in [3.63, 3.8) is 0 Å². The molecule has 4 rings (SSSR count). The van der Waals surface area contributed by atoms with Crippen molar-refractivity contribution in [3.8, 4) is 10.9 Å². The number of thiazole rings is 1. The second-order valence-electron chi connectivity index (χ2n) is 5.83. The third-order valence-corrected chi connectivity index (χ3v) is 4.93. The van der Waals surface area contributed by atoms with E-state index in [4.69, 9.17) is 4.74 Å². The van der Waals surface area contributed by atoms with Crippen LogP contribution in [0.3, 0.4) is 0 Å². The molecule has 0 aliphatic carbocycles. The Balaban J connectivity index is 1.36. The van der Waals surface area contributed by atoms with Gasteiger partial charge in [-0.2, -0.15) is 0 Å². The van der Waals surface area contributed by atoms with E-state index in [1.54, 1.807) is 36.7 Å². The van der Waals surface area contributed by atoms with E-state index in [1.165, 1.54) is 11.3 Å². The maximum absolute atomic E-state index is 12.7. The molecule has 0 saturated carbocycles. The highest BCUT2D eigenvalue weighted by molar-refractivity contribution is 7.11. The average molecular weight is 355 g/mol. The van der Waals surface area contributed by atoms with E-state index < -0.39 is 0 Å². The molecule has 8 heteroatoms. The lowest BCUT2D eigenvalue weighted by atomic mass is 10.0. The Morgan fingerprint density at radius 1 is 1.16 bits per heavy atom. The summed E-state index contributed by atoms with van der Waals surface area (Å²) in [5.41, 5.74) is 0.672. The van der Waals surface area contributed by atoms with Crippen molar-refractivity contribution in [2.75, 3.05) is 13.1 Å². The number of hydrogen-bond acceptors (Lipinski definition) is 6. The van der Waals surface area contributed by atoms with Gasteiger partial charge in [-0.15, -0.1) is 5.10 Å². The van der Waals surface area contributed by atoms with Gasteiger partial charge in [0.15, 0.2) is 0 Å². The molecule has 0 bridgehead atoms. The summed E-state index contributed by atoms with van der Waals surface area (Å²) >= 11 is 1.43. The maximum Gasteiger partial charge on any atom is 0.278 e. The first-order chi connectivity index (χ1) is 12.3. The quantitative estimate of drug-likeness (QED) is 0.719. The second-order valence-corrected chi connectivity index (χ2v) is 6.69. The number of amides is 1. The van der Waals surface area contributed by atoms with Crippen LogP contribution in [0.1, 0.15) is 29.2 Å². The largest absolute Gasteiger partial charge is 0.431 e. The molecule has 1 fully saturated rings. The zero-order valence-corrected chi connectivity index (χ0v) is 14.3. The molecule has 0 unspecified atom stereocenters. The molecule has 3 aromatic rings. The molecule has 2 aromatic heterocycles. The Bertz CT molecular complexity index is 809. The number of carbonyl (C=O) groups is 1. The summed E-state index contributed by atoms with van der Waals surface area (Å²) in [6.45, 7) is 1.45. The molecule has 1 aromatic carbocycles. The van der Waals surface area contributed by atoms with Gasteiger partial charge in [-0.3, -0.25) is 4.79 Å². The summed E-state index contributed by atoms with van der Waals surface area (Å²) in [5.74, 6) is 0.731. The Labute approximate surface area is 148 Å². The Morgan fingerprint density at radius 2 is 1.96 bits per heavy atom. The van der Waals surface area contributed by atoms with Gasteiger partial charge in [0, 0.05) is 36.4 Å². The monoisotopic (exact) mass is 355 g/mol. The lowest BCUT2D eigenvalue weighted by Gasteiger charge is -2.31. The lowest BCUT2D eigenvalue weighted by molar-refractivity contribution is 0.0689. The smallest absolute Gasteiger partial charge is 0.278 e. The predicted octanol–water partition coefficient (Wildman–Crippen LogP) is 3.00. The van der Waals surface area contributed by atoms with Crippen molar-refractivity contribution in [1.82, 2.24) is 24.9 Å². The zero-order chi connectivity index (χ0) is 17.1. The van der Waals surface area contributed by atoms with E-state index in [2.05, 4.69) is 15.3 Å². The molecule has 1 aliphatic rings. The minimum absolute atomic E-state index is 0.0536. The number of ether oxygens (including phenoxy) is 1. The molecule has 7 nitrogen and oxygen atoms in total. The fourth-order valence-corrected chi connectivity index (χ4v) is 3.46. The molecule has 128 valence electrons. The van der Waals surface area contributed by atoms with Gasteiger partial charge < -0.3 is 9.64 Å². The van der Waals surface area contributed by atoms with Crippen molar-refractivity contribution in [2.45, 2.75) is 18.9 Å². The van der Waals surface area contributed by atoms with Crippen molar-refractivity contribution in [3.05, 3.63) is 53.8 Å². The van der Waals surface area contributed by atoms with E-state index in [-0.39, 0.29) is 5.91 Å². The number of hydrogen-bond donors (Lipinski definition) is 0. The minimum atomic E-state index is 0.0536. The van der Waals surface area contributed by atoms with Gasteiger partial charge in [0.2, 0.25) is 0 Å². The molecule has 1 saturated heterocycles. The molecule has 0 radical (unpaired) electrons. The summed E-state index contributed by atoms with van der Waals surface area (Å²) < 4.78 is 7.50. The molecule has 1 amide bonds. The van der Waals surface area contributed by atoms with Crippen LogP contribution in [0.15, 0.2) is 48.2 Å². The number of likely N-dealkylation sites (tertiary alicyclic amines) is 1. The Morgan fingerprint density at radius 3 is 2.60 bits per heavy atom. The van der Waals surface area contributed by atoms with E-state index in [9.17, 15) is 4.79 Å².